The van der Waals surface area contributed by atoms with Crippen LogP contribution >= 0.6 is 0 Å². The summed E-state index contributed by atoms with van der Waals surface area (Å²) in [5.41, 5.74) is 8.86. The highest BCUT2D eigenvalue weighted by atomic mass is 16.1. The van der Waals surface area contributed by atoms with Gasteiger partial charge in [-0.1, -0.05) is 36.4 Å². The molecule has 0 atom stereocenters. The Morgan fingerprint density at radius 3 is 2.65 bits per heavy atom. The van der Waals surface area contributed by atoms with Gasteiger partial charge in [-0.15, -0.1) is 0 Å². The standard InChI is InChI=1S/C32H29N7O/c40-30(16-21-8-3-1-4-9-21)34-23-17-22(19-33-20-23)25-12-13-27-31(36-25)32(38-37-27)28-18-24-26(35-28)10-7-11-29(24)39-14-5-2-6-15-39/h1,3-4,7-13,17-20,35H,2,5-6,14-16H2,(H,34,40)(H,37,38). The van der Waals surface area contributed by atoms with Crippen LogP contribution in [0.1, 0.15) is 24.8 Å². The lowest BCUT2D eigenvalue weighted by Crippen LogP contribution is -2.29. The molecule has 0 aliphatic carbocycles. The Morgan fingerprint density at radius 2 is 1.77 bits per heavy atom. The molecule has 0 saturated carbocycles. The van der Waals surface area contributed by atoms with Crippen molar-refractivity contribution in [2.24, 2.45) is 0 Å². The van der Waals surface area contributed by atoms with Crippen LogP contribution in [0, 0.1) is 0 Å². The van der Waals surface area contributed by atoms with Crippen LogP contribution in [0.4, 0.5) is 11.4 Å². The first-order valence-corrected chi connectivity index (χ1v) is 13.7. The third-order valence-corrected chi connectivity index (χ3v) is 7.53. The van der Waals surface area contributed by atoms with E-state index in [1.807, 2.05) is 48.5 Å². The molecule has 1 aliphatic rings. The molecule has 4 aromatic heterocycles. The number of nitrogens with one attached hydrogen (secondary N) is 3. The highest BCUT2D eigenvalue weighted by Gasteiger charge is 2.18. The number of fused-ring (bicyclic) bond motifs is 2. The molecular formula is C32H29N7O. The maximum absolute atomic E-state index is 12.6. The van der Waals surface area contributed by atoms with E-state index in [1.54, 1.807) is 12.4 Å². The number of rotatable bonds is 6. The molecule has 1 saturated heterocycles. The van der Waals surface area contributed by atoms with Gasteiger partial charge >= 0.3 is 0 Å². The second-order valence-corrected chi connectivity index (χ2v) is 10.3. The van der Waals surface area contributed by atoms with Gasteiger partial charge in [0.25, 0.3) is 0 Å². The van der Waals surface area contributed by atoms with Crippen LogP contribution in [-0.4, -0.2) is 44.1 Å². The van der Waals surface area contributed by atoms with E-state index in [1.165, 1.54) is 30.3 Å². The van der Waals surface area contributed by atoms with Crippen molar-refractivity contribution in [1.82, 2.24) is 25.1 Å². The fraction of sp³-hybridized carbons (Fsp3) is 0.188. The molecular weight excluding hydrogens is 498 g/mol. The molecule has 8 nitrogen and oxygen atoms in total. The molecule has 198 valence electrons. The summed E-state index contributed by atoms with van der Waals surface area (Å²) in [7, 11) is 0. The molecule has 1 amide bonds. The number of H-pyrrole nitrogens is 2. The second kappa shape index (κ2) is 10.3. The van der Waals surface area contributed by atoms with E-state index in [2.05, 4.69) is 54.6 Å². The van der Waals surface area contributed by atoms with E-state index < -0.39 is 0 Å². The number of aromatic amines is 2. The van der Waals surface area contributed by atoms with E-state index >= 15 is 0 Å². The lowest BCUT2D eigenvalue weighted by molar-refractivity contribution is -0.115. The molecule has 2 aromatic carbocycles. The lowest BCUT2D eigenvalue weighted by Gasteiger charge is -2.29. The Hall–Kier alpha value is -4.98. The predicted molar refractivity (Wildman–Crippen MR) is 159 cm³/mol. The minimum absolute atomic E-state index is 0.0894. The number of pyridine rings is 2. The quantitative estimate of drug-likeness (QED) is 0.235. The van der Waals surface area contributed by atoms with Crippen molar-refractivity contribution < 1.29 is 4.79 Å². The number of anilines is 2. The summed E-state index contributed by atoms with van der Waals surface area (Å²) in [6, 6.07) is 24.1. The number of piperidine rings is 1. The third kappa shape index (κ3) is 4.68. The molecule has 40 heavy (non-hydrogen) atoms. The lowest BCUT2D eigenvalue weighted by atomic mass is 10.1. The summed E-state index contributed by atoms with van der Waals surface area (Å²) in [6.45, 7) is 2.19. The number of hydrogen-bond donors (Lipinski definition) is 3. The largest absolute Gasteiger partial charge is 0.371 e. The highest BCUT2D eigenvalue weighted by molar-refractivity contribution is 5.99. The maximum atomic E-state index is 12.6. The van der Waals surface area contributed by atoms with E-state index in [0.717, 1.165) is 57.8 Å². The summed E-state index contributed by atoms with van der Waals surface area (Å²) in [5, 5.41) is 11.9. The number of hydrogen-bond acceptors (Lipinski definition) is 5. The van der Waals surface area contributed by atoms with E-state index in [9.17, 15) is 4.79 Å². The first-order chi connectivity index (χ1) is 19.7. The zero-order valence-corrected chi connectivity index (χ0v) is 22.0. The molecule has 8 heteroatoms. The van der Waals surface area contributed by atoms with Crippen molar-refractivity contribution in [2.75, 3.05) is 23.3 Å². The minimum atomic E-state index is -0.0894. The van der Waals surface area contributed by atoms with E-state index in [0.29, 0.717) is 12.1 Å². The van der Waals surface area contributed by atoms with Crippen molar-refractivity contribution in [3.8, 4) is 22.6 Å². The normalized spacial score (nSPS) is 13.7. The molecule has 0 unspecified atom stereocenters. The first-order valence-electron chi connectivity index (χ1n) is 13.7. The number of carbonyl (C=O) groups is 1. The molecule has 0 spiro atoms. The summed E-state index contributed by atoms with van der Waals surface area (Å²) < 4.78 is 0. The smallest absolute Gasteiger partial charge is 0.228 e. The van der Waals surface area contributed by atoms with Gasteiger partial charge in [0.2, 0.25) is 5.91 Å². The van der Waals surface area contributed by atoms with Crippen LogP contribution in [-0.2, 0) is 11.2 Å². The van der Waals surface area contributed by atoms with Gasteiger partial charge in [-0.05, 0) is 61.2 Å². The van der Waals surface area contributed by atoms with Crippen molar-refractivity contribution in [3.63, 3.8) is 0 Å². The molecule has 6 aromatic rings. The van der Waals surface area contributed by atoms with Crippen LogP contribution in [0.3, 0.4) is 0 Å². The summed E-state index contributed by atoms with van der Waals surface area (Å²) in [4.78, 5) is 28.0. The number of benzene rings is 2. The summed E-state index contributed by atoms with van der Waals surface area (Å²) >= 11 is 0. The molecule has 3 N–H and O–H groups in total. The van der Waals surface area contributed by atoms with Crippen LogP contribution in [0.25, 0.3) is 44.6 Å². The van der Waals surface area contributed by atoms with E-state index in [4.69, 9.17) is 4.98 Å². The molecule has 7 rings (SSSR count). The Labute approximate surface area is 231 Å². The number of carbonyl (C=O) groups excluding carboxylic acids is 1. The first kappa shape index (κ1) is 24.1. The SMILES string of the molecule is O=C(Cc1ccccc1)Nc1cncc(-c2ccc3[nH]nc(-c4cc5c(N6CCCCC6)cccc5[nH]4)c3n2)c1. The van der Waals surface area contributed by atoms with Crippen LogP contribution in [0.5, 0.6) is 0 Å². The van der Waals surface area contributed by atoms with Gasteiger partial charge in [0.1, 0.15) is 11.2 Å². The molecule has 5 heterocycles. The zero-order chi connectivity index (χ0) is 26.9. The second-order valence-electron chi connectivity index (χ2n) is 10.3. The Morgan fingerprint density at radius 1 is 0.900 bits per heavy atom. The Kier molecular flexibility index (Phi) is 6.20. The maximum Gasteiger partial charge on any atom is 0.228 e. The van der Waals surface area contributed by atoms with Crippen LogP contribution in [0.15, 0.2) is 85.2 Å². The van der Waals surface area contributed by atoms with Crippen molar-refractivity contribution >= 4 is 39.2 Å². The van der Waals surface area contributed by atoms with Gasteiger partial charge in [0, 0.05) is 41.4 Å². The average molecular weight is 528 g/mol. The van der Waals surface area contributed by atoms with Crippen molar-refractivity contribution in [2.45, 2.75) is 25.7 Å². The van der Waals surface area contributed by atoms with Gasteiger partial charge in [-0.25, -0.2) is 4.98 Å². The monoisotopic (exact) mass is 527 g/mol. The molecule has 1 aliphatic heterocycles. The topological polar surface area (TPSA) is 103 Å². The summed E-state index contributed by atoms with van der Waals surface area (Å²) in [6.07, 6.45) is 7.48. The van der Waals surface area contributed by atoms with Gasteiger partial charge in [0.15, 0.2) is 0 Å². The zero-order valence-electron chi connectivity index (χ0n) is 22.0. The van der Waals surface area contributed by atoms with Gasteiger partial charge < -0.3 is 15.2 Å². The van der Waals surface area contributed by atoms with Gasteiger partial charge in [0.05, 0.1) is 35.2 Å². The van der Waals surface area contributed by atoms with Crippen LogP contribution < -0.4 is 10.2 Å². The van der Waals surface area contributed by atoms with Crippen molar-refractivity contribution in [3.05, 3.63) is 90.8 Å². The third-order valence-electron chi connectivity index (χ3n) is 7.53. The molecule has 1 fully saturated rings. The fourth-order valence-corrected chi connectivity index (χ4v) is 5.56. The van der Waals surface area contributed by atoms with Gasteiger partial charge in [-0.3, -0.25) is 14.9 Å². The fourth-order valence-electron chi connectivity index (χ4n) is 5.56. The minimum Gasteiger partial charge on any atom is -0.371 e. The molecule has 0 radical (unpaired) electrons. The Bertz CT molecular complexity index is 1820. The Balaban J connectivity index is 1.19. The van der Waals surface area contributed by atoms with Gasteiger partial charge in [-0.2, -0.15) is 5.10 Å². The number of aromatic nitrogens is 5. The number of amides is 1. The average Bonchev–Trinajstić information content (AvgIpc) is 3.62. The van der Waals surface area contributed by atoms with Crippen molar-refractivity contribution in [1.29, 1.82) is 0 Å². The number of nitrogens with zero attached hydrogens (tertiary/aromatic N) is 4. The van der Waals surface area contributed by atoms with E-state index in [-0.39, 0.29) is 5.91 Å². The predicted octanol–water partition coefficient (Wildman–Crippen LogP) is 6.34. The summed E-state index contributed by atoms with van der Waals surface area (Å²) in [5.74, 6) is -0.0894. The molecule has 0 bridgehead atoms. The van der Waals surface area contributed by atoms with Crippen LogP contribution in [0.2, 0.25) is 0 Å². The highest BCUT2D eigenvalue weighted by Crippen LogP contribution is 2.34.